The molecule has 1 heterocycles. The van der Waals surface area contributed by atoms with Crippen molar-refractivity contribution >= 4 is 17.6 Å². The molecule has 2 aromatic rings. The third kappa shape index (κ3) is 4.07. The summed E-state index contributed by atoms with van der Waals surface area (Å²) in [5.74, 6) is 0.378. The SMILES string of the molecule is CC[C@H](C)N(CC(=O)Nc1ccon1)C(=O)[C@H]1C[C@H]1c1ccccc1. The molecule has 2 amide bonds. The molecular weight excluding hydrogens is 318 g/mol. The number of hydrogen-bond donors (Lipinski definition) is 1. The van der Waals surface area contributed by atoms with E-state index in [1.165, 1.54) is 11.8 Å². The molecule has 0 radical (unpaired) electrons. The molecule has 0 aliphatic heterocycles. The third-order valence-corrected chi connectivity index (χ3v) is 4.76. The maximum atomic E-state index is 12.9. The Labute approximate surface area is 147 Å². The number of amides is 2. The van der Waals surface area contributed by atoms with E-state index < -0.39 is 0 Å². The molecule has 25 heavy (non-hydrogen) atoms. The summed E-state index contributed by atoms with van der Waals surface area (Å²) in [7, 11) is 0. The van der Waals surface area contributed by atoms with Gasteiger partial charge in [0, 0.05) is 18.0 Å². The van der Waals surface area contributed by atoms with Crippen LogP contribution in [0, 0.1) is 5.92 Å². The summed E-state index contributed by atoms with van der Waals surface area (Å²) >= 11 is 0. The van der Waals surface area contributed by atoms with Crippen LogP contribution in [0.3, 0.4) is 0 Å². The van der Waals surface area contributed by atoms with Crippen LogP contribution in [-0.2, 0) is 9.59 Å². The first kappa shape index (κ1) is 17.2. The zero-order valence-corrected chi connectivity index (χ0v) is 14.5. The molecule has 1 saturated carbocycles. The van der Waals surface area contributed by atoms with Crippen LogP contribution >= 0.6 is 0 Å². The fraction of sp³-hybridized carbons (Fsp3) is 0.421. The van der Waals surface area contributed by atoms with Gasteiger partial charge >= 0.3 is 0 Å². The van der Waals surface area contributed by atoms with Crippen LogP contribution in [0.15, 0.2) is 47.2 Å². The normalized spacial score (nSPS) is 19.9. The van der Waals surface area contributed by atoms with Crippen LogP contribution in [0.25, 0.3) is 0 Å². The van der Waals surface area contributed by atoms with Gasteiger partial charge in [-0.05, 0) is 31.2 Å². The number of benzene rings is 1. The highest BCUT2D eigenvalue weighted by Crippen LogP contribution is 2.48. The predicted molar refractivity (Wildman–Crippen MR) is 93.9 cm³/mol. The quantitative estimate of drug-likeness (QED) is 0.840. The van der Waals surface area contributed by atoms with Gasteiger partial charge in [0.1, 0.15) is 12.8 Å². The summed E-state index contributed by atoms with van der Waals surface area (Å²) in [6.07, 6.45) is 3.04. The van der Waals surface area contributed by atoms with Crippen molar-refractivity contribution in [1.82, 2.24) is 10.1 Å². The second-order valence-corrected chi connectivity index (χ2v) is 6.52. The Morgan fingerprint density at radius 1 is 1.32 bits per heavy atom. The number of carbonyl (C=O) groups excluding carboxylic acids is 2. The molecule has 0 saturated heterocycles. The van der Waals surface area contributed by atoms with Crippen LogP contribution in [0.1, 0.15) is 38.2 Å². The maximum absolute atomic E-state index is 12.9. The molecule has 0 spiro atoms. The van der Waals surface area contributed by atoms with Crippen molar-refractivity contribution in [3.8, 4) is 0 Å². The van der Waals surface area contributed by atoms with Crippen molar-refractivity contribution in [2.75, 3.05) is 11.9 Å². The van der Waals surface area contributed by atoms with Gasteiger partial charge < -0.3 is 14.7 Å². The van der Waals surface area contributed by atoms with Crippen LogP contribution in [0.2, 0.25) is 0 Å². The standard InChI is InChI=1S/C19H23N3O3/c1-3-13(2)22(12-18(23)20-17-9-10-25-21-17)19(24)16-11-15(16)14-7-5-4-6-8-14/h4-10,13,15-16H,3,11-12H2,1-2H3,(H,20,21,23)/t13-,15-,16-/m0/s1. The van der Waals surface area contributed by atoms with E-state index in [1.54, 1.807) is 11.0 Å². The van der Waals surface area contributed by atoms with Gasteiger partial charge in [0.05, 0.1) is 0 Å². The molecule has 132 valence electrons. The minimum absolute atomic E-state index is 0.00702. The zero-order chi connectivity index (χ0) is 17.8. The van der Waals surface area contributed by atoms with Crippen molar-refractivity contribution in [2.24, 2.45) is 5.92 Å². The molecule has 1 fully saturated rings. The minimum Gasteiger partial charge on any atom is -0.363 e. The molecule has 1 aromatic heterocycles. The summed E-state index contributed by atoms with van der Waals surface area (Å²) in [6.45, 7) is 4.02. The average Bonchev–Trinajstić information content (AvgIpc) is 3.28. The topological polar surface area (TPSA) is 75.4 Å². The van der Waals surface area contributed by atoms with Gasteiger partial charge in [0.2, 0.25) is 11.8 Å². The number of nitrogens with zero attached hydrogens (tertiary/aromatic N) is 2. The predicted octanol–water partition coefficient (Wildman–Crippen LogP) is 3.04. The summed E-state index contributed by atoms with van der Waals surface area (Å²) in [5, 5.41) is 6.31. The molecule has 1 N–H and O–H groups in total. The lowest BCUT2D eigenvalue weighted by Crippen LogP contribution is -2.44. The largest absolute Gasteiger partial charge is 0.363 e. The number of aromatic nitrogens is 1. The molecular formula is C19H23N3O3. The van der Waals surface area contributed by atoms with E-state index in [4.69, 9.17) is 4.52 Å². The molecule has 3 atom stereocenters. The Morgan fingerprint density at radius 2 is 2.08 bits per heavy atom. The Kier molecular flexibility index (Phi) is 5.16. The first-order valence-corrected chi connectivity index (χ1v) is 8.65. The Morgan fingerprint density at radius 3 is 2.72 bits per heavy atom. The highest BCUT2D eigenvalue weighted by molar-refractivity contribution is 5.94. The van der Waals surface area contributed by atoms with Crippen LogP contribution in [-0.4, -0.2) is 34.5 Å². The van der Waals surface area contributed by atoms with E-state index >= 15 is 0 Å². The van der Waals surface area contributed by atoms with Gasteiger partial charge in [-0.2, -0.15) is 0 Å². The van der Waals surface area contributed by atoms with E-state index in [2.05, 4.69) is 22.6 Å². The highest BCUT2D eigenvalue weighted by atomic mass is 16.5. The van der Waals surface area contributed by atoms with Gasteiger partial charge in [-0.25, -0.2) is 0 Å². The van der Waals surface area contributed by atoms with Gasteiger partial charge in [0.25, 0.3) is 0 Å². The fourth-order valence-electron chi connectivity index (χ4n) is 3.03. The molecule has 1 aromatic carbocycles. The monoisotopic (exact) mass is 341 g/mol. The van der Waals surface area contributed by atoms with Gasteiger partial charge in [0.15, 0.2) is 5.82 Å². The fourth-order valence-corrected chi connectivity index (χ4v) is 3.03. The number of carbonyl (C=O) groups is 2. The van der Waals surface area contributed by atoms with Crippen LogP contribution in [0.4, 0.5) is 5.82 Å². The lowest BCUT2D eigenvalue weighted by Gasteiger charge is -2.28. The Bertz CT molecular complexity index is 715. The average molecular weight is 341 g/mol. The van der Waals surface area contributed by atoms with E-state index in [0.29, 0.717) is 5.82 Å². The van der Waals surface area contributed by atoms with Crippen molar-refractivity contribution < 1.29 is 14.1 Å². The zero-order valence-electron chi connectivity index (χ0n) is 14.5. The summed E-state index contributed by atoms with van der Waals surface area (Å²) in [6, 6.07) is 11.7. The molecule has 1 aliphatic carbocycles. The second-order valence-electron chi connectivity index (χ2n) is 6.52. The third-order valence-electron chi connectivity index (χ3n) is 4.76. The Hall–Kier alpha value is -2.63. The number of hydrogen-bond acceptors (Lipinski definition) is 4. The highest BCUT2D eigenvalue weighted by Gasteiger charge is 2.46. The summed E-state index contributed by atoms with van der Waals surface area (Å²) in [4.78, 5) is 26.9. The van der Waals surface area contributed by atoms with E-state index in [9.17, 15) is 9.59 Å². The lowest BCUT2D eigenvalue weighted by atomic mass is 10.1. The summed E-state index contributed by atoms with van der Waals surface area (Å²) < 4.78 is 4.70. The second kappa shape index (κ2) is 7.51. The van der Waals surface area contributed by atoms with E-state index in [0.717, 1.165) is 12.8 Å². The van der Waals surface area contributed by atoms with Crippen molar-refractivity contribution in [1.29, 1.82) is 0 Å². The molecule has 3 rings (SSSR count). The van der Waals surface area contributed by atoms with Gasteiger partial charge in [-0.1, -0.05) is 42.4 Å². The first-order valence-electron chi connectivity index (χ1n) is 8.65. The smallest absolute Gasteiger partial charge is 0.245 e. The van der Waals surface area contributed by atoms with Crippen molar-refractivity contribution in [3.05, 3.63) is 48.2 Å². The molecule has 0 unspecified atom stereocenters. The Balaban J connectivity index is 1.64. The maximum Gasteiger partial charge on any atom is 0.245 e. The molecule has 1 aliphatic rings. The minimum atomic E-state index is -0.264. The number of rotatable bonds is 7. The van der Waals surface area contributed by atoms with Crippen molar-refractivity contribution in [2.45, 2.75) is 38.6 Å². The molecule has 6 heteroatoms. The van der Waals surface area contributed by atoms with Crippen molar-refractivity contribution in [3.63, 3.8) is 0 Å². The van der Waals surface area contributed by atoms with E-state index in [-0.39, 0.29) is 36.2 Å². The van der Waals surface area contributed by atoms with E-state index in [1.807, 2.05) is 32.0 Å². The lowest BCUT2D eigenvalue weighted by molar-refractivity contribution is -0.138. The number of anilines is 1. The molecule has 0 bridgehead atoms. The van der Waals surface area contributed by atoms with Gasteiger partial charge in [-0.3, -0.25) is 9.59 Å². The van der Waals surface area contributed by atoms with Crippen LogP contribution in [0.5, 0.6) is 0 Å². The van der Waals surface area contributed by atoms with Crippen LogP contribution < -0.4 is 5.32 Å². The molecule has 6 nitrogen and oxygen atoms in total. The number of nitrogens with one attached hydrogen (secondary N) is 1. The first-order chi connectivity index (χ1) is 12.1. The summed E-state index contributed by atoms with van der Waals surface area (Å²) in [5.41, 5.74) is 1.19. The van der Waals surface area contributed by atoms with Gasteiger partial charge in [-0.15, -0.1) is 0 Å².